The van der Waals surface area contributed by atoms with E-state index in [4.69, 9.17) is 22.4 Å². The van der Waals surface area contributed by atoms with E-state index in [-0.39, 0.29) is 12.5 Å². The fraction of sp³-hybridized carbons (Fsp3) is 0.533. The lowest BCUT2D eigenvalue weighted by Crippen LogP contribution is -2.45. The zero-order chi connectivity index (χ0) is 15.2. The van der Waals surface area contributed by atoms with Crippen molar-refractivity contribution in [1.29, 1.82) is 0 Å². The predicted octanol–water partition coefficient (Wildman–Crippen LogP) is 2.10. The maximum absolute atomic E-state index is 12.2. The van der Waals surface area contributed by atoms with E-state index < -0.39 is 0 Å². The molecule has 2 rings (SSSR count). The molecule has 116 valence electrons. The topological polar surface area (TPSA) is 78.6 Å². The molecule has 21 heavy (non-hydrogen) atoms. The van der Waals surface area contributed by atoms with Crippen LogP contribution in [-0.2, 0) is 4.79 Å². The third kappa shape index (κ3) is 4.59. The van der Waals surface area contributed by atoms with Crippen LogP contribution >= 0.6 is 11.6 Å². The van der Waals surface area contributed by atoms with Crippen molar-refractivity contribution < 1.29 is 9.90 Å². The van der Waals surface area contributed by atoms with Crippen LogP contribution in [0.4, 0.5) is 11.4 Å². The molecule has 0 bridgehead atoms. The molecule has 0 unspecified atom stereocenters. The molecule has 0 aromatic heterocycles. The third-order valence-corrected chi connectivity index (χ3v) is 4.12. The number of nitrogens with two attached hydrogens (primary N) is 1. The Kier molecular flexibility index (Phi) is 5.85. The molecule has 0 aliphatic heterocycles. The van der Waals surface area contributed by atoms with Gasteiger partial charge < -0.3 is 16.2 Å². The van der Waals surface area contributed by atoms with E-state index >= 15 is 0 Å². The maximum atomic E-state index is 12.2. The van der Waals surface area contributed by atoms with Gasteiger partial charge in [0.25, 0.3) is 0 Å². The van der Waals surface area contributed by atoms with Crippen LogP contribution in [0.15, 0.2) is 18.2 Å². The lowest BCUT2D eigenvalue weighted by molar-refractivity contribution is -0.118. The maximum Gasteiger partial charge on any atom is 0.238 e. The van der Waals surface area contributed by atoms with Gasteiger partial charge in [-0.1, -0.05) is 18.0 Å². The number of rotatable bonds is 7. The number of nitrogen functional groups attached to an aromatic ring is 1. The number of benzene rings is 1. The largest absolute Gasteiger partial charge is 0.399 e. The molecule has 1 saturated carbocycles. The van der Waals surface area contributed by atoms with Crippen LogP contribution < -0.4 is 11.1 Å². The summed E-state index contributed by atoms with van der Waals surface area (Å²) in [5.41, 5.74) is 6.77. The van der Waals surface area contributed by atoms with Gasteiger partial charge in [-0.05, 0) is 37.5 Å². The number of carbonyl (C=O) groups is 1. The van der Waals surface area contributed by atoms with Gasteiger partial charge in [-0.2, -0.15) is 0 Å². The number of carbonyl (C=O) groups excluding carboxylic acids is 1. The zero-order valence-electron chi connectivity index (χ0n) is 12.0. The molecule has 0 atom stereocenters. The predicted molar refractivity (Wildman–Crippen MR) is 85.4 cm³/mol. The molecular formula is C15H22ClN3O2. The summed E-state index contributed by atoms with van der Waals surface area (Å²) < 4.78 is 0. The number of nitrogens with one attached hydrogen (secondary N) is 1. The van der Waals surface area contributed by atoms with Crippen molar-refractivity contribution in [3.63, 3.8) is 0 Å². The Labute approximate surface area is 130 Å². The van der Waals surface area contributed by atoms with Gasteiger partial charge in [0.1, 0.15) is 0 Å². The molecule has 0 radical (unpaired) electrons. The highest BCUT2D eigenvalue weighted by Gasteiger charge is 2.26. The first-order chi connectivity index (χ1) is 10.1. The number of nitrogens with zero attached hydrogens (tertiary/aromatic N) is 1. The van der Waals surface area contributed by atoms with Crippen molar-refractivity contribution in [2.45, 2.75) is 31.7 Å². The van der Waals surface area contributed by atoms with E-state index in [2.05, 4.69) is 10.2 Å². The molecule has 5 nitrogen and oxygen atoms in total. The van der Waals surface area contributed by atoms with Gasteiger partial charge in [-0.15, -0.1) is 0 Å². The second-order valence-corrected chi connectivity index (χ2v) is 5.83. The Hall–Kier alpha value is -1.30. The first-order valence-electron chi connectivity index (χ1n) is 7.30. The summed E-state index contributed by atoms with van der Waals surface area (Å²) in [5, 5.41) is 12.2. The fourth-order valence-corrected chi connectivity index (χ4v) is 2.66. The summed E-state index contributed by atoms with van der Waals surface area (Å²) in [4.78, 5) is 14.3. The van der Waals surface area contributed by atoms with Gasteiger partial charge in [0.15, 0.2) is 0 Å². The Morgan fingerprint density at radius 1 is 1.48 bits per heavy atom. The minimum Gasteiger partial charge on any atom is -0.399 e. The van der Waals surface area contributed by atoms with Gasteiger partial charge in [-0.25, -0.2) is 0 Å². The smallest absolute Gasteiger partial charge is 0.238 e. The van der Waals surface area contributed by atoms with E-state index in [0.717, 1.165) is 19.4 Å². The van der Waals surface area contributed by atoms with Crippen LogP contribution in [0.2, 0.25) is 5.02 Å². The molecule has 1 amide bonds. The molecule has 6 heteroatoms. The standard InChI is InChI=1S/C15H22ClN3O2/c16-13-9-11(17)5-6-14(13)18-15(21)10-19(7-2-8-20)12-3-1-4-12/h5-6,9,12,20H,1-4,7-8,10,17H2,(H,18,21). The molecule has 1 aromatic rings. The number of aliphatic hydroxyl groups is 1. The Morgan fingerprint density at radius 3 is 2.81 bits per heavy atom. The highest BCUT2D eigenvalue weighted by atomic mass is 35.5. The number of anilines is 2. The molecule has 0 saturated heterocycles. The van der Waals surface area contributed by atoms with Crippen LogP contribution in [-0.4, -0.2) is 41.7 Å². The minimum absolute atomic E-state index is 0.0912. The number of halogens is 1. The number of amides is 1. The molecule has 4 N–H and O–H groups in total. The monoisotopic (exact) mass is 311 g/mol. The number of hydrogen-bond acceptors (Lipinski definition) is 4. The van der Waals surface area contributed by atoms with E-state index in [9.17, 15) is 4.79 Å². The summed E-state index contributed by atoms with van der Waals surface area (Å²) in [6.45, 7) is 1.21. The number of aliphatic hydroxyl groups excluding tert-OH is 1. The van der Waals surface area contributed by atoms with Crippen molar-refractivity contribution in [3.8, 4) is 0 Å². The van der Waals surface area contributed by atoms with Crippen LogP contribution in [0, 0.1) is 0 Å². The van der Waals surface area contributed by atoms with Gasteiger partial charge in [0.05, 0.1) is 17.3 Å². The van der Waals surface area contributed by atoms with Gasteiger partial charge in [0, 0.05) is 24.9 Å². The SMILES string of the molecule is Nc1ccc(NC(=O)CN(CCCO)C2CCC2)c(Cl)c1. The number of hydrogen-bond donors (Lipinski definition) is 3. The van der Waals surface area contributed by atoms with Gasteiger partial charge in [0.2, 0.25) is 5.91 Å². The van der Waals surface area contributed by atoms with Gasteiger partial charge in [-0.3, -0.25) is 9.69 Å². The lowest BCUT2D eigenvalue weighted by Gasteiger charge is -2.37. The Morgan fingerprint density at radius 2 is 2.24 bits per heavy atom. The molecule has 0 heterocycles. The molecule has 1 fully saturated rings. The lowest BCUT2D eigenvalue weighted by atomic mass is 9.91. The third-order valence-electron chi connectivity index (χ3n) is 3.81. The van der Waals surface area contributed by atoms with Crippen molar-refractivity contribution >= 4 is 28.9 Å². The average molecular weight is 312 g/mol. The van der Waals surface area contributed by atoms with E-state index in [0.29, 0.717) is 35.4 Å². The van der Waals surface area contributed by atoms with Crippen LogP contribution in [0.25, 0.3) is 0 Å². The second kappa shape index (κ2) is 7.64. The molecule has 1 aliphatic carbocycles. The van der Waals surface area contributed by atoms with E-state index in [1.54, 1.807) is 18.2 Å². The quantitative estimate of drug-likeness (QED) is 0.674. The fourth-order valence-electron chi connectivity index (χ4n) is 2.42. The second-order valence-electron chi connectivity index (χ2n) is 5.42. The van der Waals surface area contributed by atoms with Crippen molar-refractivity contribution in [3.05, 3.63) is 23.2 Å². The summed E-state index contributed by atoms with van der Waals surface area (Å²) in [6, 6.07) is 5.49. The average Bonchev–Trinajstić information content (AvgIpc) is 2.37. The van der Waals surface area contributed by atoms with Crippen LogP contribution in [0.3, 0.4) is 0 Å². The van der Waals surface area contributed by atoms with Crippen molar-refractivity contribution in [2.24, 2.45) is 0 Å². The molecule has 1 aromatic carbocycles. The molecule has 0 spiro atoms. The summed E-state index contributed by atoms with van der Waals surface area (Å²) >= 11 is 6.05. The Balaban J connectivity index is 1.91. The highest BCUT2D eigenvalue weighted by molar-refractivity contribution is 6.34. The first-order valence-corrected chi connectivity index (χ1v) is 7.67. The normalized spacial score (nSPS) is 15.0. The molecular weight excluding hydrogens is 290 g/mol. The first kappa shape index (κ1) is 16.1. The molecule has 1 aliphatic rings. The zero-order valence-corrected chi connectivity index (χ0v) is 12.8. The highest BCUT2D eigenvalue weighted by Crippen LogP contribution is 2.26. The van der Waals surface area contributed by atoms with Gasteiger partial charge >= 0.3 is 0 Å². The summed E-state index contributed by atoms with van der Waals surface area (Å²) in [7, 11) is 0. The van der Waals surface area contributed by atoms with E-state index in [1.807, 2.05) is 0 Å². The summed E-state index contributed by atoms with van der Waals surface area (Å²) in [6.07, 6.45) is 4.15. The van der Waals surface area contributed by atoms with Crippen molar-refractivity contribution in [2.75, 3.05) is 30.7 Å². The van der Waals surface area contributed by atoms with Crippen LogP contribution in [0.1, 0.15) is 25.7 Å². The summed E-state index contributed by atoms with van der Waals surface area (Å²) in [5.74, 6) is -0.0912. The van der Waals surface area contributed by atoms with Crippen molar-refractivity contribution in [1.82, 2.24) is 4.90 Å². The van der Waals surface area contributed by atoms with E-state index in [1.165, 1.54) is 6.42 Å². The van der Waals surface area contributed by atoms with Crippen LogP contribution in [0.5, 0.6) is 0 Å². The minimum atomic E-state index is -0.0912. The Bertz CT molecular complexity index is 492.